The lowest BCUT2D eigenvalue weighted by atomic mass is 10.1. The third-order valence-corrected chi connectivity index (χ3v) is 19.8. The summed E-state index contributed by atoms with van der Waals surface area (Å²) >= 11 is 0. The number of amides is 5. The number of fused-ring (bicyclic) bond motifs is 1. The van der Waals surface area contributed by atoms with Gasteiger partial charge in [0, 0.05) is 135 Å². The number of imidazole rings is 1. The van der Waals surface area contributed by atoms with Gasteiger partial charge in [-0.05, 0) is 107 Å². The average Bonchev–Trinajstić information content (AvgIpc) is 1.52. The Bertz CT molecular complexity index is 3720. The number of carboxylic acid groups (broad SMARTS) is 4. The Morgan fingerprint density at radius 3 is 1.72 bits per heavy atom. The second-order valence-corrected chi connectivity index (χ2v) is 30.9. The molecule has 41 nitrogen and oxygen atoms in total. The van der Waals surface area contributed by atoms with Gasteiger partial charge in [-0.3, -0.25) is 81.5 Å². The van der Waals surface area contributed by atoms with Gasteiger partial charge in [-0.2, -0.15) is 9.82 Å². The van der Waals surface area contributed by atoms with Crippen molar-refractivity contribution >= 4 is 95.5 Å². The van der Waals surface area contributed by atoms with Crippen LogP contribution in [0.25, 0.3) is 10.9 Å². The maximum Gasteiger partial charge on any atom is 0.339 e. The number of sulfonamides is 1. The van der Waals surface area contributed by atoms with E-state index < -0.39 is 110 Å². The zero-order chi connectivity index (χ0) is 81.9. The number of H-pyrrole nitrogens is 1. The Labute approximate surface area is 643 Å². The molecule has 0 spiro atoms. The van der Waals surface area contributed by atoms with E-state index in [0.717, 1.165) is 23.7 Å². The van der Waals surface area contributed by atoms with Crippen molar-refractivity contribution < 1.29 is 120 Å². The van der Waals surface area contributed by atoms with Crippen LogP contribution >= 0.6 is 15.2 Å². The first-order valence-corrected chi connectivity index (χ1v) is 41.4. The van der Waals surface area contributed by atoms with Crippen LogP contribution in [0.15, 0.2) is 53.8 Å². The summed E-state index contributed by atoms with van der Waals surface area (Å²) in [4.78, 5) is 162. The number of benzene rings is 2. The third kappa shape index (κ3) is 40.7. The van der Waals surface area contributed by atoms with Gasteiger partial charge in [-0.1, -0.05) is 6.92 Å². The van der Waals surface area contributed by atoms with Gasteiger partial charge in [0.1, 0.15) is 30.4 Å². The Balaban J connectivity index is 0.000000484. The first-order chi connectivity index (χ1) is 52.6. The normalized spacial score (nSPS) is 14.4. The Morgan fingerprint density at radius 2 is 1.18 bits per heavy atom. The SMILES string of the molecule is CCCNC(=O)CCCOc1cc(C)c(S(=O)(=O)NC(CNC(=O)c2ccc3c(cnn3CCCNc3ncc[nH]3)c2)C(=O)O)c(C)c1.CCOCCOCCOCCCNC(=O)[C@@H](CCCCNC(=O)CN(CP(=O)(O)O)CP(=O)(O)O)NC(=O)CN1CCN(CC(=O)O)CCN(CC(=O)O)CCN(CC(=O)O)CC1. The van der Waals surface area contributed by atoms with Crippen molar-refractivity contribution in [2.75, 3.05) is 182 Å². The molecule has 1 unspecified atom stereocenters. The number of hydrogen-bond acceptors (Lipinski definition) is 25. The largest absolute Gasteiger partial charge is 0.494 e. The quantitative estimate of drug-likeness (QED) is 0.0188. The number of aryl methyl sites for hydroxylation is 3. The smallest absolute Gasteiger partial charge is 0.339 e. The highest BCUT2D eigenvalue weighted by Crippen LogP contribution is 2.40. The Morgan fingerprint density at radius 1 is 0.622 bits per heavy atom. The second-order valence-electron chi connectivity index (χ2n) is 26.0. The summed E-state index contributed by atoms with van der Waals surface area (Å²) in [5.41, 5.74) is 1.82. The molecule has 0 bridgehead atoms. The van der Waals surface area contributed by atoms with Crippen molar-refractivity contribution in [2.45, 2.75) is 103 Å². The van der Waals surface area contributed by atoms with Crippen molar-refractivity contribution in [3.8, 4) is 5.75 Å². The zero-order valence-corrected chi connectivity index (χ0v) is 65.7. The molecule has 44 heteroatoms. The van der Waals surface area contributed by atoms with E-state index >= 15 is 0 Å². The maximum atomic E-state index is 13.6. The van der Waals surface area contributed by atoms with Crippen molar-refractivity contribution in [3.63, 3.8) is 0 Å². The fourth-order valence-corrected chi connectivity index (χ4v) is 14.6. The van der Waals surface area contributed by atoms with Crippen LogP contribution in [0.1, 0.15) is 86.7 Å². The van der Waals surface area contributed by atoms with E-state index in [1.165, 1.54) is 0 Å². The zero-order valence-electron chi connectivity index (χ0n) is 63.1. The van der Waals surface area contributed by atoms with Gasteiger partial charge in [0.25, 0.3) is 5.91 Å². The van der Waals surface area contributed by atoms with Crippen LogP contribution < -0.4 is 41.4 Å². The van der Waals surface area contributed by atoms with Gasteiger partial charge in [-0.25, -0.2) is 13.4 Å². The number of carboxylic acids is 4. The lowest BCUT2D eigenvalue weighted by Gasteiger charge is -2.33. The summed E-state index contributed by atoms with van der Waals surface area (Å²) in [5, 5.41) is 59.9. The molecule has 0 radical (unpaired) electrons. The highest BCUT2D eigenvalue weighted by atomic mass is 32.2. The maximum absolute atomic E-state index is 13.6. The number of carbonyl (C=O) groups is 9. The number of unbranched alkanes of at least 4 members (excludes halogenated alkanes) is 1. The Hall–Kier alpha value is -8.16. The number of anilines is 1. The van der Waals surface area contributed by atoms with Crippen LogP contribution in [0.2, 0.25) is 0 Å². The standard InChI is InChI=1S/C35H68N8O18P2.C32H42N8O7S/c1-2-59-18-19-61-21-20-60-17-5-8-37-35(52)29(6-3-4-7-36-30(44)22-43(27-62(53,54)55)28-63(56,57)58)38-31(45)23-39-9-11-40(24-32(46)47)13-15-42(26-34(50)51)16-14-41(12-10-39)25-33(48)49;1-4-10-33-28(41)7-5-15-47-25-16-21(2)29(22(3)17-25)48(45,46)39-26(31(43)44)20-37-30(42)23-8-9-27-24(18-23)19-38-40(27)14-6-11-34-32-35-12-13-36-32/h29H,2-28H2,1H3,(H,36,44)(H,37,52)(H,38,45)(H,46,47)(H,48,49)(H,50,51)(H2,53,54,55)(H2,56,57,58);8-9,12-13,16-19,26,39H,4-7,10-11,14-15,20H2,1-3H3,(H,33,41)(H,37,42)(H,43,44)(H2,34,35,36)/t29-;/m1./s1. The van der Waals surface area contributed by atoms with Crippen molar-refractivity contribution in [3.05, 3.63) is 65.6 Å². The average molecular weight is 1630 g/mol. The summed E-state index contributed by atoms with van der Waals surface area (Å²) in [6, 6.07) is 5.43. The molecule has 5 amide bonds. The lowest BCUT2D eigenvalue weighted by molar-refractivity contribution is -0.140. The minimum atomic E-state index is -4.75. The van der Waals surface area contributed by atoms with Crippen LogP contribution in [0, 0.1) is 13.8 Å². The second kappa shape index (κ2) is 50.8. The predicted molar refractivity (Wildman–Crippen MR) is 403 cm³/mol. The molecule has 2 aromatic heterocycles. The van der Waals surface area contributed by atoms with E-state index in [-0.39, 0.29) is 134 Å². The Kier molecular flexibility index (Phi) is 43.5. The van der Waals surface area contributed by atoms with E-state index in [0.29, 0.717) is 106 Å². The summed E-state index contributed by atoms with van der Waals surface area (Å²) < 4.78 is 75.5. The van der Waals surface area contributed by atoms with E-state index in [1.807, 2.05) is 18.5 Å². The number of rotatable bonds is 51. The topological polar surface area (TPSA) is 568 Å². The number of aromatic amines is 1. The van der Waals surface area contributed by atoms with Crippen LogP contribution in [-0.4, -0.2) is 335 Å². The molecule has 5 rings (SSSR count). The molecule has 0 aliphatic carbocycles. The summed E-state index contributed by atoms with van der Waals surface area (Å²) in [7, 11) is -13.8. The fourth-order valence-electron chi connectivity index (χ4n) is 11.3. The van der Waals surface area contributed by atoms with Gasteiger partial charge < -0.3 is 95.8 Å². The van der Waals surface area contributed by atoms with E-state index in [2.05, 4.69) is 51.7 Å². The molecule has 0 saturated carbocycles. The number of nitrogens with zero attached hydrogens (tertiary/aromatic N) is 8. The molecule has 111 heavy (non-hydrogen) atoms. The van der Waals surface area contributed by atoms with Crippen LogP contribution in [0.3, 0.4) is 0 Å². The molecule has 1 fully saturated rings. The van der Waals surface area contributed by atoms with Gasteiger partial charge in [0.05, 0.1) is 82.4 Å². The predicted octanol–water partition coefficient (Wildman–Crippen LogP) is -0.893. The highest BCUT2D eigenvalue weighted by Gasteiger charge is 2.31. The molecule has 4 aromatic rings. The van der Waals surface area contributed by atoms with E-state index in [4.69, 9.17) is 18.9 Å². The van der Waals surface area contributed by atoms with Crippen molar-refractivity contribution in [1.29, 1.82) is 0 Å². The molecule has 624 valence electrons. The van der Waals surface area contributed by atoms with Crippen molar-refractivity contribution in [2.24, 2.45) is 0 Å². The van der Waals surface area contributed by atoms with Gasteiger partial charge >= 0.3 is 39.1 Å². The summed E-state index contributed by atoms with van der Waals surface area (Å²) in [6.45, 7) is 11.0. The molecule has 16 N–H and O–H groups in total. The lowest BCUT2D eigenvalue weighted by Crippen LogP contribution is -2.52. The van der Waals surface area contributed by atoms with Crippen LogP contribution in [-0.2, 0) is 78.3 Å². The minimum Gasteiger partial charge on any atom is -0.494 e. The number of aliphatic carboxylic acids is 4. The van der Waals surface area contributed by atoms with Crippen LogP contribution in [0.5, 0.6) is 5.75 Å². The summed E-state index contributed by atoms with van der Waals surface area (Å²) in [6.07, 6.45) is 6.50. The molecule has 1 saturated heterocycles. The number of aromatic nitrogens is 4. The monoisotopic (exact) mass is 1630 g/mol. The number of carbonyl (C=O) groups excluding carboxylic acids is 5. The molecule has 2 atom stereocenters. The molecular formula is C67H110N16O25P2S. The molecule has 2 aromatic carbocycles. The summed E-state index contributed by atoms with van der Waals surface area (Å²) in [5.74, 6) is -6.05. The molecule has 3 heterocycles. The first-order valence-electron chi connectivity index (χ1n) is 36.3. The van der Waals surface area contributed by atoms with Crippen molar-refractivity contribution in [1.82, 2.24) is 75.6 Å². The van der Waals surface area contributed by atoms with E-state index in [1.54, 1.807) is 82.4 Å². The molecule has 1 aliphatic heterocycles. The molecular weight excluding hydrogens is 1520 g/mol. The van der Waals surface area contributed by atoms with E-state index in [9.17, 15) is 101 Å². The number of ether oxygens (including phenoxy) is 4. The number of nitrogens with one attached hydrogen (secondary N) is 8. The third-order valence-electron chi connectivity index (χ3n) is 16.5. The minimum absolute atomic E-state index is 0.0228. The highest BCUT2D eigenvalue weighted by molar-refractivity contribution is 7.89. The van der Waals surface area contributed by atoms with Crippen LogP contribution in [0.4, 0.5) is 5.95 Å². The van der Waals surface area contributed by atoms with Gasteiger partial charge in [-0.15, -0.1) is 0 Å². The fraction of sp³-hybridized carbons (Fsp3) is 0.627. The number of hydrogen-bond donors (Lipinski definition) is 16. The molecule has 1 aliphatic rings. The first kappa shape index (κ1) is 95.2. The van der Waals surface area contributed by atoms with Gasteiger partial charge in [0.2, 0.25) is 33.7 Å². The van der Waals surface area contributed by atoms with Gasteiger partial charge in [0.15, 0.2) is 5.95 Å².